The number of aryl methyl sites for hydroxylation is 1. The van der Waals surface area contributed by atoms with Crippen molar-refractivity contribution < 1.29 is 14.1 Å². The van der Waals surface area contributed by atoms with E-state index in [1.54, 1.807) is 47.9 Å². The molecule has 1 N–H and O–H groups in total. The van der Waals surface area contributed by atoms with Gasteiger partial charge in [-0.05, 0) is 36.4 Å². The van der Waals surface area contributed by atoms with Crippen LogP contribution in [0.5, 0.6) is 5.75 Å². The monoisotopic (exact) mass is 350 g/mol. The number of pyridine rings is 1. The molecule has 1 aromatic carbocycles. The first-order valence-corrected chi connectivity index (χ1v) is 7.82. The van der Waals surface area contributed by atoms with Gasteiger partial charge in [0, 0.05) is 18.7 Å². The number of carbonyl (C=O) groups is 1. The molecule has 0 saturated heterocycles. The van der Waals surface area contributed by atoms with Gasteiger partial charge in [0.1, 0.15) is 5.75 Å². The number of carbonyl (C=O) groups excluding carboxylic acids is 1. The minimum absolute atomic E-state index is 0.189. The molecule has 0 bridgehead atoms. The lowest BCUT2D eigenvalue weighted by atomic mass is 10.2. The van der Waals surface area contributed by atoms with Gasteiger partial charge >= 0.3 is 0 Å². The number of rotatable bonds is 5. The molecule has 4 rings (SSSR count). The highest BCUT2D eigenvalue weighted by Crippen LogP contribution is 2.15. The quantitative estimate of drug-likeness (QED) is 0.588. The van der Waals surface area contributed by atoms with Crippen LogP contribution in [0, 0.1) is 6.92 Å². The molecular weight excluding hydrogens is 336 g/mol. The van der Waals surface area contributed by atoms with Gasteiger partial charge in [0.15, 0.2) is 12.3 Å². The fraction of sp³-hybridized carbons (Fsp3) is 0.118. The molecule has 26 heavy (non-hydrogen) atoms. The molecule has 130 valence electrons. The first-order valence-electron chi connectivity index (χ1n) is 7.82. The zero-order valence-corrected chi connectivity index (χ0v) is 13.8. The van der Waals surface area contributed by atoms with Crippen LogP contribution in [0.25, 0.3) is 5.65 Å². The largest absolute Gasteiger partial charge is 0.485 e. The Morgan fingerprint density at radius 1 is 1.19 bits per heavy atom. The highest BCUT2D eigenvalue weighted by atomic mass is 16.5. The van der Waals surface area contributed by atoms with Crippen LogP contribution in [0.1, 0.15) is 22.1 Å². The Labute approximate surface area is 147 Å². The van der Waals surface area contributed by atoms with Crippen LogP contribution in [-0.4, -0.2) is 30.6 Å². The number of hydrogen-bond acceptors (Lipinski definition) is 7. The van der Waals surface area contributed by atoms with E-state index in [2.05, 4.69) is 25.7 Å². The van der Waals surface area contributed by atoms with Crippen molar-refractivity contribution in [2.24, 2.45) is 0 Å². The Bertz CT molecular complexity index is 1050. The predicted molar refractivity (Wildman–Crippen MR) is 90.7 cm³/mol. The average Bonchev–Trinajstić information content (AvgIpc) is 3.27. The first-order chi connectivity index (χ1) is 12.7. The molecule has 3 heterocycles. The third kappa shape index (κ3) is 3.22. The maximum atomic E-state index is 12.4. The molecule has 4 aromatic rings. The van der Waals surface area contributed by atoms with Gasteiger partial charge in [-0.25, -0.2) is 0 Å². The van der Waals surface area contributed by atoms with E-state index in [1.165, 1.54) is 0 Å². The molecule has 0 radical (unpaired) electrons. The van der Waals surface area contributed by atoms with Crippen LogP contribution >= 0.6 is 0 Å². The molecule has 9 heteroatoms. The molecule has 0 aliphatic rings. The van der Waals surface area contributed by atoms with Crippen LogP contribution in [0.3, 0.4) is 0 Å². The van der Waals surface area contributed by atoms with E-state index in [1.807, 2.05) is 12.1 Å². The third-order valence-electron chi connectivity index (χ3n) is 3.59. The highest BCUT2D eigenvalue weighted by Gasteiger charge is 2.11. The second-order valence-corrected chi connectivity index (χ2v) is 5.45. The van der Waals surface area contributed by atoms with E-state index in [0.717, 1.165) is 0 Å². The Balaban J connectivity index is 1.42. The second kappa shape index (κ2) is 6.63. The molecule has 1 amide bonds. The van der Waals surface area contributed by atoms with E-state index in [0.29, 0.717) is 34.6 Å². The maximum Gasteiger partial charge on any atom is 0.258 e. The topological polar surface area (TPSA) is 107 Å². The summed E-state index contributed by atoms with van der Waals surface area (Å²) in [6, 6.07) is 12.2. The number of nitrogens with zero attached hydrogens (tertiary/aromatic N) is 5. The van der Waals surface area contributed by atoms with Crippen LogP contribution in [0.4, 0.5) is 5.95 Å². The molecule has 0 atom stereocenters. The molecule has 0 aliphatic heterocycles. The van der Waals surface area contributed by atoms with Crippen molar-refractivity contribution in [3.05, 3.63) is 65.9 Å². The number of fused-ring (bicyclic) bond motifs is 1. The van der Waals surface area contributed by atoms with Crippen LogP contribution in [0.15, 0.2) is 53.2 Å². The van der Waals surface area contributed by atoms with E-state index >= 15 is 0 Å². The van der Waals surface area contributed by atoms with Crippen LogP contribution in [-0.2, 0) is 6.61 Å². The highest BCUT2D eigenvalue weighted by molar-refractivity contribution is 6.03. The van der Waals surface area contributed by atoms with Gasteiger partial charge in [-0.3, -0.25) is 14.5 Å². The van der Waals surface area contributed by atoms with E-state index in [4.69, 9.17) is 9.26 Å². The van der Waals surface area contributed by atoms with Crippen LogP contribution in [0.2, 0.25) is 0 Å². The summed E-state index contributed by atoms with van der Waals surface area (Å²) in [4.78, 5) is 16.4. The lowest BCUT2D eigenvalue weighted by Crippen LogP contribution is -2.14. The van der Waals surface area contributed by atoms with Gasteiger partial charge in [0.05, 0.1) is 0 Å². The van der Waals surface area contributed by atoms with Gasteiger partial charge in [0.2, 0.25) is 17.7 Å². The van der Waals surface area contributed by atoms with E-state index in [9.17, 15) is 4.79 Å². The summed E-state index contributed by atoms with van der Waals surface area (Å²) in [7, 11) is 0. The van der Waals surface area contributed by atoms with Gasteiger partial charge in [-0.1, -0.05) is 11.2 Å². The van der Waals surface area contributed by atoms with E-state index in [-0.39, 0.29) is 12.5 Å². The van der Waals surface area contributed by atoms with Crippen LogP contribution < -0.4 is 10.1 Å². The smallest absolute Gasteiger partial charge is 0.258 e. The minimum atomic E-state index is -0.288. The van der Waals surface area contributed by atoms with E-state index < -0.39 is 0 Å². The summed E-state index contributed by atoms with van der Waals surface area (Å²) in [6.07, 6.45) is 1.78. The molecule has 0 aliphatic carbocycles. The summed E-state index contributed by atoms with van der Waals surface area (Å²) in [5.74, 6) is 1.61. The number of benzene rings is 1. The molecule has 0 unspecified atom stereocenters. The van der Waals surface area contributed by atoms with Gasteiger partial charge in [0.25, 0.3) is 5.91 Å². The van der Waals surface area contributed by atoms with Crippen molar-refractivity contribution in [1.29, 1.82) is 0 Å². The summed E-state index contributed by atoms with van der Waals surface area (Å²) in [5, 5.41) is 14.5. The number of hydrogen-bond donors (Lipinski definition) is 1. The van der Waals surface area contributed by atoms with Crippen molar-refractivity contribution in [3.63, 3.8) is 0 Å². The molecular formula is C17H14N6O3. The maximum absolute atomic E-state index is 12.4. The Morgan fingerprint density at radius 2 is 2.04 bits per heavy atom. The van der Waals surface area contributed by atoms with Crippen molar-refractivity contribution in [2.75, 3.05) is 5.32 Å². The standard InChI is InChI=1S/C17H14N6O3/c1-11-18-14(22-26-11)10-25-13-7-5-12(6-8-13)16(24)19-17-21-20-15-4-2-3-9-23(15)17/h2-9H,10H2,1H3,(H,19,21,24). The number of ether oxygens (including phenoxy) is 1. The summed E-state index contributed by atoms with van der Waals surface area (Å²) >= 11 is 0. The molecule has 0 fully saturated rings. The fourth-order valence-corrected chi connectivity index (χ4v) is 2.35. The molecule has 3 aromatic heterocycles. The first kappa shape index (κ1) is 15.8. The molecule has 0 saturated carbocycles. The summed E-state index contributed by atoms with van der Waals surface area (Å²) in [5.41, 5.74) is 1.13. The second-order valence-electron chi connectivity index (χ2n) is 5.45. The lowest BCUT2D eigenvalue weighted by Gasteiger charge is -2.06. The van der Waals surface area contributed by atoms with Crippen molar-refractivity contribution in [2.45, 2.75) is 13.5 Å². The third-order valence-corrected chi connectivity index (χ3v) is 3.59. The summed E-state index contributed by atoms with van der Waals surface area (Å²) in [6.45, 7) is 1.90. The van der Waals surface area contributed by atoms with Gasteiger partial charge in [-0.15, -0.1) is 10.2 Å². The fourth-order valence-electron chi connectivity index (χ4n) is 2.35. The zero-order valence-electron chi connectivity index (χ0n) is 13.8. The van der Waals surface area contributed by atoms with Crippen molar-refractivity contribution in [1.82, 2.24) is 24.7 Å². The summed E-state index contributed by atoms with van der Waals surface area (Å²) < 4.78 is 12.1. The number of nitrogens with one attached hydrogen (secondary N) is 1. The van der Waals surface area contributed by atoms with Crippen molar-refractivity contribution in [3.8, 4) is 5.75 Å². The number of amides is 1. The molecule has 0 spiro atoms. The average molecular weight is 350 g/mol. The SMILES string of the molecule is Cc1nc(COc2ccc(C(=O)Nc3nnc4ccccn34)cc2)no1. The zero-order chi connectivity index (χ0) is 17.9. The van der Waals surface area contributed by atoms with Crippen molar-refractivity contribution >= 4 is 17.5 Å². The number of aromatic nitrogens is 5. The minimum Gasteiger partial charge on any atom is -0.485 e. The Morgan fingerprint density at radius 3 is 2.81 bits per heavy atom. The predicted octanol–water partition coefficient (Wildman–Crippen LogP) is 2.25. The van der Waals surface area contributed by atoms with Gasteiger partial charge < -0.3 is 9.26 Å². The normalized spacial score (nSPS) is 10.8. The molecule has 9 nitrogen and oxygen atoms in total. The Kier molecular flexibility index (Phi) is 4.02. The van der Waals surface area contributed by atoms with Gasteiger partial charge in [-0.2, -0.15) is 4.98 Å². The lowest BCUT2D eigenvalue weighted by molar-refractivity contribution is 0.102. The number of anilines is 1. The Hall–Kier alpha value is -3.75.